The van der Waals surface area contributed by atoms with Gasteiger partial charge in [0.25, 0.3) is 0 Å². The Morgan fingerprint density at radius 2 is 0.724 bits per heavy atom. The van der Waals surface area contributed by atoms with E-state index in [1.807, 2.05) is 60.7 Å². The van der Waals surface area contributed by atoms with Crippen LogP contribution in [0.2, 0.25) is 0 Å². The Balaban J connectivity index is 1.15. The molecule has 4 heterocycles. The lowest BCUT2D eigenvalue weighted by Gasteiger charge is -2.22. The summed E-state index contributed by atoms with van der Waals surface area (Å²) in [7, 11) is -7.75. The molecule has 0 amide bonds. The zero-order valence-corrected chi connectivity index (χ0v) is 32.0. The fourth-order valence-corrected chi connectivity index (χ4v) is 11.9. The SMILES string of the molecule is O=S1(=O)c2ccccc2Oc2ccc(-c3cccc4c5ccccc5n(-n5c6ccccc6c6cccc(-c7ccc8c(c7)S(=O)(=O)c7ccccc7O8)c65)c34)cc21. The maximum atomic E-state index is 14.1. The second-order valence-electron chi connectivity index (χ2n) is 14.5. The van der Waals surface area contributed by atoms with E-state index in [2.05, 4.69) is 45.8 Å². The van der Waals surface area contributed by atoms with Gasteiger partial charge in [0, 0.05) is 32.7 Å². The van der Waals surface area contributed by atoms with E-state index in [0.29, 0.717) is 22.6 Å². The van der Waals surface area contributed by atoms with E-state index in [4.69, 9.17) is 9.47 Å². The van der Waals surface area contributed by atoms with Crippen molar-refractivity contribution in [1.82, 2.24) is 9.35 Å². The minimum absolute atomic E-state index is 0.108. The van der Waals surface area contributed by atoms with E-state index in [0.717, 1.165) is 54.7 Å². The minimum atomic E-state index is -3.88. The Labute approximate surface area is 332 Å². The van der Waals surface area contributed by atoms with Crippen molar-refractivity contribution >= 4 is 63.3 Å². The van der Waals surface area contributed by atoms with Crippen molar-refractivity contribution in [2.24, 2.45) is 0 Å². The van der Waals surface area contributed by atoms with Crippen LogP contribution in [0.4, 0.5) is 0 Å². The topological polar surface area (TPSA) is 96.6 Å². The van der Waals surface area contributed by atoms with Gasteiger partial charge in [-0.15, -0.1) is 0 Å². The molecule has 10 aromatic rings. The Hall–Kier alpha value is -7.14. The third kappa shape index (κ3) is 4.43. The maximum absolute atomic E-state index is 14.1. The van der Waals surface area contributed by atoms with E-state index in [-0.39, 0.29) is 31.1 Å². The van der Waals surface area contributed by atoms with Crippen LogP contribution in [0.25, 0.3) is 65.9 Å². The fraction of sp³-hybridized carbons (Fsp3) is 0. The van der Waals surface area contributed by atoms with E-state index in [1.165, 1.54) is 0 Å². The fourth-order valence-electron chi connectivity index (χ4n) is 8.80. The van der Waals surface area contributed by atoms with Gasteiger partial charge in [-0.05, 0) is 71.8 Å². The monoisotopic (exact) mass is 792 g/mol. The highest BCUT2D eigenvalue weighted by atomic mass is 32.2. The van der Waals surface area contributed by atoms with Gasteiger partial charge in [0.1, 0.15) is 42.6 Å². The molecule has 0 N–H and O–H groups in total. The summed E-state index contributed by atoms with van der Waals surface area (Å²) < 4.78 is 72.9. The molecule has 0 unspecified atom stereocenters. The van der Waals surface area contributed by atoms with Gasteiger partial charge >= 0.3 is 0 Å². The molecule has 0 aliphatic carbocycles. The number of fused-ring (bicyclic) bond motifs is 10. The molecular weight excluding hydrogens is 765 g/mol. The molecule has 0 spiro atoms. The summed E-state index contributed by atoms with van der Waals surface area (Å²) in [6.45, 7) is 0. The Morgan fingerprint density at radius 1 is 0.345 bits per heavy atom. The molecule has 2 aliphatic heterocycles. The van der Waals surface area contributed by atoms with Gasteiger partial charge in [-0.25, -0.2) is 26.2 Å². The van der Waals surface area contributed by atoms with Crippen LogP contribution < -0.4 is 9.47 Å². The van der Waals surface area contributed by atoms with Gasteiger partial charge in [0.2, 0.25) is 19.7 Å². The van der Waals surface area contributed by atoms with Crippen LogP contribution in [0.1, 0.15) is 0 Å². The van der Waals surface area contributed by atoms with Crippen LogP contribution >= 0.6 is 0 Å². The number of nitrogens with zero attached hydrogens (tertiary/aromatic N) is 2. The molecule has 278 valence electrons. The molecule has 2 aliphatic rings. The van der Waals surface area contributed by atoms with Crippen LogP contribution in [0.15, 0.2) is 189 Å². The van der Waals surface area contributed by atoms with Gasteiger partial charge in [-0.3, -0.25) is 0 Å². The number of hydrogen-bond acceptors (Lipinski definition) is 6. The van der Waals surface area contributed by atoms with E-state index < -0.39 is 19.7 Å². The normalized spacial score (nSPS) is 14.7. The van der Waals surface area contributed by atoms with Gasteiger partial charge in [-0.2, -0.15) is 0 Å². The molecular formula is C48H28N2O6S2. The van der Waals surface area contributed by atoms with Crippen LogP contribution in [-0.4, -0.2) is 26.2 Å². The average Bonchev–Trinajstić information content (AvgIpc) is 3.76. The third-order valence-electron chi connectivity index (χ3n) is 11.3. The van der Waals surface area contributed by atoms with Crippen molar-refractivity contribution in [2.45, 2.75) is 19.6 Å². The van der Waals surface area contributed by atoms with E-state index in [9.17, 15) is 16.8 Å². The lowest BCUT2D eigenvalue weighted by molar-refractivity contribution is 0.442. The molecule has 8 nitrogen and oxygen atoms in total. The van der Waals surface area contributed by atoms with Crippen molar-refractivity contribution in [2.75, 3.05) is 0 Å². The molecule has 12 rings (SSSR count). The largest absolute Gasteiger partial charge is 0.455 e. The van der Waals surface area contributed by atoms with Gasteiger partial charge in [0.15, 0.2) is 0 Å². The first-order valence-electron chi connectivity index (χ1n) is 18.7. The molecule has 0 saturated carbocycles. The highest BCUT2D eigenvalue weighted by Crippen LogP contribution is 2.48. The molecule has 2 aromatic heterocycles. The van der Waals surface area contributed by atoms with E-state index >= 15 is 0 Å². The number of benzene rings is 8. The zero-order chi connectivity index (χ0) is 38.9. The minimum Gasteiger partial charge on any atom is -0.455 e. The van der Waals surface area contributed by atoms with E-state index in [1.54, 1.807) is 72.8 Å². The lowest BCUT2D eigenvalue weighted by atomic mass is 10.0. The summed E-state index contributed by atoms with van der Waals surface area (Å²) >= 11 is 0. The summed E-state index contributed by atoms with van der Waals surface area (Å²) in [6, 6.07) is 52.7. The Kier molecular flexibility index (Phi) is 6.67. The zero-order valence-electron chi connectivity index (χ0n) is 30.3. The van der Waals surface area contributed by atoms with Crippen LogP contribution in [0, 0.1) is 0 Å². The molecule has 8 aromatic carbocycles. The Morgan fingerprint density at radius 3 is 1.19 bits per heavy atom. The quantitative estimate of drug-likeness (QED) is 0.177. The number of ether oxygens (including phenoxy) is 2. The van der Waals surface area contributed by atoms with Gasteiger partial charge in [-0.1, -0.05) is 109 Å². The third-order valence-corrected chi connectivity index (χ3v) is 15.0. The smallest absolute Gasteiger partial charge is 0.213 e. The highest BCUT2D eigenvalue weighted by Gasteiger charge is 2.34. The number of rotatable bonds is 3. The summed E-state index contributed by atoms with van der Waals surface area (Å²) in [4.78, 5) is 0.485. The first-order chi connectivity index (χ1) is 28.3. The number of aromatic nitrogens is 2. The lowest BCUT2D eigenvalue weighted by Crippen LogP contribution is -2.12. The first kappa shape index (κ1) is 33.0. The van der Waals surface area contributed by atoms with Crippen LogP contribution in [-0.2, 0) is 19.7 Å². The highest BCUT2D eigenvalue weighted by molar-refractivity contribution is 7.92. The van der Waals surface area contributed by atoms with Crippen molar-refractivity contribution in [3.63, 3.8) is 0 Å². The molecule has 0 saturated heterocycles. The standard InChI is InChI=1S/C48H28N2O6S2/c51-57(52)43-21-7-5-19-39(43)55-41-25-23-29(27-45(41)57)31-13-9-15-35-33-11-1-3-17-37(33)49(47(31)35)50-38-18-4-2-12-34(38)36-16-10-14-32(48(36)50)30-24-26-42-46(28-30)58(53,54)44-22-8-6-20-40(44)56-42/h1-28H. The predicted molar refractivity (Wildman–Crippen MR) is 224 cm³/mol. The first-order valence-corrected chi connectivity index (χ1v) is 21.6. The molecule has 0 atom stereocenters. The summed E-state index contributed by atoms with van der Waals surface area (Å²) in [5, 5.41) is 3.99. The molecule has 58 heavy (non-hydrogen) atoms. The van der Waals surface area contributed by atoms with Crippen LogP contribution in [0.3, 0.4) is 0 Å². The second-order valence-corrected chi connectivity index (χ2v) is 18.3. The summed E-state index contributed by atoms with van der Waals surface area (Å²) in [6.07, 6.45) is 0. The van der Waals surface area contributed by atoms with Crippen molar-refractivity contribution in [3.05, 3.63) is 170 Å². The van der Waals surface area contributed by atoms with Crippen molar-refractivity contribution < 1.29 is 26.3 Å². The summed E-state index contributed by atoms with van der Waals surface area (Å²) in [5.41, 5.74) is 6.67. The maximum Gasteiger partial charge on any atom is 0.213 e. The molecule has 0 fully saturated rings. The predicted octanol–water partition coefficient (Wildman–Crippen LogP) is 11.4. The molecule has 0 radical (unpaired) electrons. The Bertz CT molecular complexity index is 3430. The number of sulfone groups is 2. The van der Waals surface area contributed by atoms with Gasteiger partial charge in [0.05, 0.1) is 22.1 Å². The van der Waals surface area contributed by atoms with Crippen molar-refractivity contribution in [1.29, 1.82) is 0 Å². The number of para-hydroxylation sites is 6. The molecule has 10 heteroatoms. The van der Waals surface area contributed by atoms with Gasteiger partial charge < -0.3 is 9.47 Å². The average molecular weight is 793 g/mol. The van der Waals surface area contributed by atoms with Crippen LogP contribution in [0.5, 0.6) is 23.0 Å². The second kappa shape index (κ2) is 11.7. The number of hydrogen-bond donors (Lipinski definition) is 0. The summed E-state index contributed by atoms with van der Waals surface area (Å²) in [5.74, 6) is 1.17. The van der Waals surface area contributed by atoms with Crippen molar-refractivity contribution in [3.8, 4) is 45.3 Å². The molecule has 0 bridgehead atoms.